The van der Waals surface area contributed by atoms with Crippen LogP contribution >= 0.6 is 11.3 Å². The number of benzene rings is 1. The van der Waals surface area contributed by atoms with Crippen LogP contribution in [0.3, 0.4) is 0 Å². The van der Waals surface area contributed by atoms with Gasteiger partial charge in [0.15, 0.2) is 5.78 Å². The number of carbonyl (C=O) groups is 1. The lowest BCUT2D eigenvalue weighted by Crippen LogP contribution is -2.03. The molecule has 4 rings (SSSR count). The number of aromatic nitrogens is 3. The Morgan fingerprint density at radius 1 is 1.14 bits per heavy atom. The molecule has 6 heteroatoms. The second kappa shape index (κ2) is 8.19. The summed E-state index contributed by atoms with van der Waals surface area (Å²) in [5.41, 5.74) is 3.39. The topological polar surface area (TPSA) is 67.8 Å². The Balaban J connectivity index is 1.58. The van der Waals surface area contributed by atoms with Crippen LogP contribution in [0.15, 0.2) is 36.5 Å². The molecule has 1 aliphatic rings. The van der Waals surface area contributed by atoms with Gasteiger partial charge in [-0.25, -0.2) is 15.0 Å². The third-order valence-corrected chi connectivity index (χ3v) is 6.52. The Bertz CT molecular complexity index is 992. The molecular formula is C22H24N4OS. The van der Waals surface area contributed by atoms with Crippen LogP contribution in [0.5, 0.6) is 0 Å². The number of rotatable bonds is 5. The molecule has 0 bridgehead atoms. The van der Waals surface area contributed by atoms with Crippen molar-refractivity contribution in [1.82, 2.24) is 15.0 Å². The van der Waals surface area contributed by atoms with E-state index in [-0.39, 0.29) is 5.78 Å². The molecule has 2 aromatic heterocycles. The van der Waals surface area contributed by atoms with Crippen molar-refractivity contribution in [3.63, 3.8) is 0 Å². The third-order valence-electron chi connectivity index (χ3n) is 5.18. The summed E-state index contributed by atoms with van der Waals surface area (Å²) >= 11 is 1.77. The van der Waals surface area contributed by atoms with Gasteiger partial charge in [0.05, 0.1) is 21.3 Å². The van der Waals surface area contributed by atoms with Crippen molar-refractivity contribution in [3.05, 3.63) is 52.8 Å². The summed E-state index contributed by atoms with van der Waals surface area (Å²) in [6.07, 6.45) is 8.21. The SMILES string of the molecule is CC(=O)c1cccc(Nc2nccc(-c3sc(C4CCCCC4)nc3C)n2)c1. The maximum atomic E-state index is 11.6. The molecule has 0 saturated heterocycles. The first-order valence-corrected chi connectivity index (χ1v) is 10.6. The smallest absolute Gasteiger partial charge is 0.227 e. The van der Waals surface area contributed by atoms with Crippen molar-refractivity contribution in [2.24, 2.45) is 0 Å². The fraction of sp³-hybridized carbons (Fsp3) is 0.364. The Morgan fingerprint density at radius 2 is 1.96 bits per heavy atom. The standard InChI is InChI=1S/C22H24N4OS/c1-14-20(28-21(24-14)16-7-4-3-5-8-16)19-11-12-23-22(26-19)25-18-10-6-9-17(13-18)15(2)27/h6,9-13,16H,3-5,7-8H2,1-2H3,(H,23,25,26). The minimum Gasteiger partial charge on any atom is -0.324 e. The summed E-state index contributed by atoms with van der Waals surface area (Å²) in [6.45, 7) is 3.62. The number of hydrogen-bond acceptors (Lipinski definition) is 6. The molecule has 144 valence electrons. The quantitative estimate of drug-likeness (QED) is 0.547. The molecule has 0 atom stereocenters. The van der Waals surface area contributed by atoms with Gasteiger partial charge in [0.1, 0.15) is 0 Å². The lowest BCUT2D eigenvalue weighted by atomic mass is 9.90. The first kappa shape index (κ1) is 18.7. The Kier molecular flexibility index (Phi) is 5.48. The zero-order valence-electron chi connectivity index (χ0n) is 16.2. The molecule has 0 unspecified atom stereocenters. The van der Waals surface area contributed by atoms with Gasteiger partial charge >= 0.3 is 0 Å². The number of aryl methyl sites for hydroxylation is 1. The van der Waals surface area contributed by atoms with E-state index < -0.39 is 0 Å². The highest BCUT2D eigenvalue weighted by molar-refractivity contribution is 7.15. The highest BCUT2D eigenvalue weighted by Crippen LogP contribution is 2.38. The maximum absolute atomic E-state index is 11.6. The lowest BCUT2D eigenvalue weighted by Gasteiger charge is -2.18. The molecule has 5 nitrogen and oxygen atoms in total. The van der Waals surface area contributed by atoms with E-state index in [1.165, 1.54) is 37.1 Å². The minimum atomic E-state index is 0.0360. The van der Waals surface area contributed by atoms with Crippen LogP contribution in [0.25, 0.3) is 10.6 Å². The van der Waals surface area contributed by atoms with E-state index in [1.54, 1.807) is 30.5 Å². The van der Waals surface area contributed by atoms with E-state index in [2.05, 4.69) is 17.2 Å². The lowest BCUT2D eigenvalue weighted by molar-refractivity contribution is 0.101. The first-order chi connectivity index (χ1) is 13.6. The molecule has 1 aliphatic carbocycles. The molecule has 28 heavy (non-hydrogen) atoms. The van der Waals surface area contributed by atoms with Crippen LogP contribution < -0.4 is 5.32 Å². The molecule has 1 aromatic carbocycles. The normalized spacial score (nSPS) is 14.8. The predicted molar refractivity (Wildman–Crippen MR) is 113 cm³/mol. The average molecular weight is 393 g/mol. The van der Waals surface area contributed by atoms with Crippen molar-refractivity contribution in [2.45, 2.75) is 51.9 Å². The van der Waals surface area contributed by atoms with Crippen LogP contribution in [0.1, 0.15) is 66.0 Å². The third kappa shape index (κ3) is 4.12. The molecule has 0 amide bonds. The number of carbonyl (C=O) groups excluding carboxylic acids is 1. The highest BCUT2D eigenvalue weighted by Gasteiger charge is 2.21. The average Bonchev–Trinajstić information content (AvgIpc) is 3.11. The van der Waals surface area contributed by atoms with Crippen LogP contribution in [-0.4, -0.2) is 20.7 Å². The van der Waals surface area contributed by atoms with E-state index in [0.29, 0.717) is 17.4 Å². The summed E-state index contributed by atoms with van der Waals surface area (Å²) in [4.78, 5) is 26.6. The number of nitrogens with one attached hydrogen (secondary N) is 1. The van der Waals surface area contributed by atoms with Crippen molar-refractivity contribution >= 4 is 28.8 Å². The maximum Gasteiger partial charge on any atom is 0.227 e. The number of anilines is 2. The van der Waals surface area contributed by atoms with E-state index in [4.69, 9.17) is 9.97 Å². The number of Topliss-reactive ketones (excluding diaryl/α,β-unsaturated/α-hetero) is 1. The van der Waals surface area contributed by atoms with Crippen molar-refractivity contribution in [3.8, 4) is 10.6 Å². The van der Waals surface area contributed by atoms with Gasteiger partial charge in [-0.1, -0.05) is 31.4 Å². The zero-order valence-corrected chi connectivity index (χ0v) is 17.1. The van der Waals surface area contributed by atoms with E-state index in [1.807, 2.05) is 24.3 Å². The van der Waals surface area contributed by atoms with Crippen LogP contribution in [0.4, 0.5) is 11.6 Å². The van der Waals surface area contributed by atoms with Gasteiger partial charge in [0.2, 0.25) is 5.95 Å². The van der Waals surface area contributed by atoms with Gasteiger partial charge in [0.25, 0.3) is 0 Å². The molecule has 0 aliphatic heterocycles. The molecule has 2 heterocycles. The summed E-state index contributed by atoms with van der Waals surface area (Å²) < 4.78 is 0. The molecular weight excluding hydrogens is 368 g/mol. The van der Waals surface area contributed by atoms with Gasteiger partial charge in [-0.15, -0.1) is 11.3 Å². The Labute approximate surface area is 169 Å². The van der Waals surface area contributed by atoms with Gasteiger partial charge in [-0.05, 0) is 44.9 Å². The number of nitrogens with zero attached hydrogens (tertiary/aromatic N) is 3. The van der Waals surface area contributed by atoms with Gasteiger partial charge < -0.3 is 5.32 Å². The fourth-order valence-electron chi connectivity index (χ4n) is 3.67. The van der Waals surface area contributed by atoms with Gasteiger partial charge in [-0.3, -0.25) is 4.79 Å². The molecule has 1 saturated carbocycles. The molecule has 1 N–H and O–H groups in total. The van der Waals surface area contributed by atoms with Crippen LogP contribution in [0.2, 0.25) is 0 Å². The zero-order chi connectivity index (χ0) is 19.5. The van der Waals surface area contributed by atoms with E-state index >= 15 is 0 Å². The second-order valence-corrected chi connectivity index (χ2v) is 8.36. The second-order valence-electron chi connectivity index (χ2n) is 7.33. The van der Waals surface area contributed by atoms with Gasteiger partial charge in [0, 0.05) is 23.4 Å². The van der Waals surface area contributed by atoms with E-state index in [0.717, 1.165) is 22.0 Å². The Hall–Kier alpha value is -2.60. The highest BCUT2D eigenvalue weighted by atomic mass is 32.1. The summed E-state index contributed by atoms with van der Waals surface area (Å²) in [7, 11) is 0. The summed E-state index contributed by atoms with van der Waals surface area (Å²) in [5.74, 6) is 1.15. The van der Waals surface area contributed by atoms with E-state index in [9.17, 15) is 4.79 Å². The summed E-state index contributed by atoms with van der Waals surface area (Å²) in [6, 6.07) is 9.31. The molecule has 3 aromatic rings. The number of thiazole rings is 1. The molecule has 0 radical (unpaired) electrons. The van der Waals surface area contributed by atoms with Crippen molar-refractivity contribution < 1.29 is 4.79 Å². The number of ketones is 1. The van der Waals surface area contributed by atoms with Gasteiger partial charge in [-0.2, -0.15) is 0 Å². The van der Waals surface area contributed by atoms with Crippen LogP contribution in [0, 0.1) is 6.92 Å². The Morgan fingerprint density at radius 3 is 2.75 bits per heavy atom. The predicted octanol–water partition coefficient (Wildman–Crippen LogP) is 5.90. The van der Waals surface area contributed by atoms with Crippen molar-refractivity contribution in [1.29, 1.82) is 0 Å². The first-order valence-electron chi connectivity index (χ1n) is 9.79. The minimum absolute atomic E-state index is 0.0360. The number of hydrogen-bond donors (Lipinski definition) is 1. The fourth-order valence-corrected chi connectivity index (χ4v) is 4.88. The van der Waals surface area contributed by atoms with Crippen LogP contribution in [-0.2, 0) is 0 Å². The molecule has 1 fully saturated rings. The van der Waals surface area contributed by atoms with Crippen molar-refractivity contribution in [2.75, 3.05) is 5.32 Å². The molecule has 0 spiro atoms. The monoisotopic (exact) mass is 392 g/mol. The summed E-state index contributed by atoms with van der Waals surface area (Å²) in [5, 5.41) is 4.45. The largest absolute Gasteiger partial charge is 0.324 e.